The fourth-order valence-electron chi connectivity index (χ4n) is 3.59. The number of rotatable bonds is 7. The molecule has 4 heterocycles. The van der Waals surface area contributed by atoms with Crippen molar-refractivity contribution in [2.24, 2.45) is 0 Å². The van der Waals surface area contributed by atoms with Crippen LogP contribution in [0.4, 0.5) is 10.2 Å². The van der Waals surface area contributed by atoms with Crippen LogP contribution in [0.15, 0.2) is 49.4 Å². The van der Waals surface area contributed by atoms with Gasteiger partial charge in [-0.15, -0.1) is 6.58 Å². The molecule has 1 fully saturated rings. The van der Waals surface area contributed by atoms with E-state index >= 15 is 0 Å². The minimum atomic E-state index is -0.440. The van der Waals surface area contributed by atoms with Crippen molar-refractivity contribution in [1.82, 2.24) is 24.9 Å². The van der Waals surface area contributed by atoms with Gasteiger partial charge < -0.3 is 19.7 Å². The Morgan fingerprint density at radius 1 is 1.41 bits per heavy atom. The Kier molecular flexibility index (Phi) is 6.31. The quantitative estimate of drug-likeness (QED) is 0.563. The highest BCUT2D eigenvalue weighted by Gasteiger charge is 2.28. The van der Waals surface area contributed by atoms with Crippen molar-refractivity contribution in [1.29, 1.82) is 0 Å². The van der Waals surface area contributed by atoms with Gasteiger partial charge in [0, 0.05) is 12.3 Å². The highest BCUT2D eigenvalue weighted by Crippen LogP contribution is 2.23. The van der Waals surface area contributed by atoms with Crippen LogP contribution in [0, 0.1) is 5.82 Å². The zero-order valence-electron chi connectivity index (χ0n) is 17.9. The summed E-state index contributed by atoms with van der Waals surface area (Å²) in [6.45, 7) is 9.06. The molecule has 0 spiro atoms. The standard InChI is InChI=1S/C22H25FN6O3/c1-4-17-13-31-12-15(3)29(17)19-7-8-28-21(27-19)18(10-25-28)22(30)26-14(2)11-32-20-6-5-16(23)9-24-20/h4-10,14-15,17H,1,11-13H2,2-3H3,(H,26,30)/t14-,15-,17+/m1/s1. The van der Waals surface area contributed by atoms with Crippen LogP contribution in [0.25, 0.3) is 5.65 Å². The molecule has 3 atom stereocenters. The maximum absolute atomic E-state index is 12.9. The predicted molar refractivity (Wildman–Crippen MR) is 116 cm³/mol. The first kappa shape index (κ1) is 21.7. The lowest BCUT2D eigenvalue weighted by Gasteiger charge is -2.39. The van der Waals surface area contributed by atoms with Crippen molar-refractivity contribution in [3.05, 3.63) is 60.8 Å². The molecule has 0 aromatic carbocycles. The van der Waals surface area contributed by atoms with E-state index in [9.17, 15) is 9.18 Å². The zero-order valence-corrected chi connectivity index (χ0v) is 17.9. The molecule has 9 nitrogen and oxygen atoms in total. The van der Waals surface area contributed by atoms with Gasteiger partial charge in [0.2, 0.25) is 5.88 Å². The highest BCUT2D eigenvalue weighted by molar-refractivity contribution is 5.99. The Labute approximate surface area is 184 Å². The Morgan fingerprint density at radius 3 is 3.00 bits per heavy atom. The molecule has 32 heavy (non-hydrogen) atoms. The molecule has 1 amide bonds. The molecule has 0 unspecified atom stereocenters. The molecule has 1 aliphatic rings. The lowest BCUT2D eigenvalue weighted by molar-refractivity contribution is 0.0820. The number of hydrogen-bond donors (Lipinski definition) is 1. The van der Waals surface area contributed by atoms with E-state index in [2.05, 4.69) is 33.8 Å². The molecule has 0 radical (unpaired) electrons. The third-order valence-corrected chi connectivity index (χ3v) is 5.17. The van der Waals surface area contributed by atoms with E-state index in [1.165, 1.54) is 18.3 Å². The van der Waals surface area contributed by atoms with E-state index in [1.807, 2.05) is 12.1 Å². The summed E-state index contributed by atoms with van der Waals surface area (Å²) in [5.41, 5.74) is 0.810. The maximum Gasteiger partial charge on any atom is 0.257 e. The number of nitrogens with one attached hydrogen (secondary N) is 1. The third kappa shape index (κ3) is 4.54. The van der Waals surface area contributed by atoms with Crippen LogP contribution in [-0.2, 0) is 4.74 Å². The van der Waals surface area contributed by atoms with Crippen LogP contribution in [0.2, 0.25) is 0 Å². The molecule has 1 saturated heterocycles. The van der Waals surface area contributed by atoms with Gasteiger partial charge in [0.1, 0.15) is 23.8 Å². The second kappa shape index (κ2) is 9.31. The Morgan fingerprint density at radius 2 is 2.25 bits per heavy atom. The van der Waals surface area contributed by atoms with Gasteiger partial charge in [-0.25, -0.2) is 18.9 Å². The van der Waals surface area contributed by atoms with Crippen LogP contribution in [0.1, 0.15) is 24.2 Å². The van der Waals surface area contributed by atoms with Crippen molar-refractivity contribution in [3.8, 4) is 5.88 Å². The van der Waals surface area contributed by atoms with Gasteiger partial charge in [0.05, 0.1) is 43.7 Å². The number of ether oxygens (including phenoxy) is 2. The minimum Gasteiger partial charge on any atom is -0.475 e. The first-order valence-corrected chi connectivity index (χ1v) is 10.3. The smallest absolute Gasteiger partial charge is 0.257 e. The molecule has 10 heteroatoms. The lowest BCUT2D eigenvalue weighted by atomic mass is 10.1. The SMILES string of the molecule is C=C[C@H]1COC[C@@H](C)N1c1ccn2ncc(C(=O)N[C@H](C)COc3ccc(F)cn3)c2n1. The van der Waals surface area contributed by atoms with E-state index in [-0.39, 0.29) is 36.5 Å². The van der Waals surface area contributed by atoms with Crippen molar-refractivity contribution >= 4 is 17.4 Å². The summed E-state index contributed by atoms with van der Waals surface area (Å²) < 4.78 is 25.6. The van der Waals surface area contributed by atoms with Crippen molar-refractivity contribution in [3.63, 3.8) is 0 Å². The number of fused-ring (bicyclic) bond motifs is 1. The Balaban J connectivity index is 1.48. The van der Waals surface area contributed by atoms with Gasteiger partial charge in [0.25, 0.3) is 5.91 Å². The van der Waals surface area contributed by atoms with E-state index < -0.39 is 5.82 Å². The van der Waals surface area contributed by atoms with Gasteiger partial charge >= 0.3 is 0 Å². The van der Waals surface area contributed by atoms with Crippen LogP contribution >= 0.6 is 0 Å². The number of aromatic nitrogens is 4. The summed E-state index contributed by atoms with van der Waals surface area (Å²) in [4.78, 5) is 23.6. The van der Waals surface area contributed by atoms with Crippen LogP contribution in [0.5, 0.6) is 5.88 Å². The predicted octanol–water partition coefficient (Wildman–Crippen LogP) is 2.24. The van der Waals surface area contributed by atoms with Crippen molar-refractivity contribution in [2.75, 3.05) is 24.7 Å². The maximum atomic E-state index is 12.9. The first-order chi connectivity index (χ1) is 15.5. The van der Waals surface area contributed by atoms with Gasteiger partial charge in [-0.1, -0.05) is 6.08 Å². The fraction of sp³-hybridized carbons (Fsp3) is 0.364. The molecule has 1 aliphatic heterocycles. The molecule has 4 rings (SSSR count). The zero-order chi connectivity index (χ0) is 22.7. The number of carbonyl (C=O) groups excluding carboxylic acids is 1. The topological polar surface area (TPSA) is 93.9 Å². The second-order valence-electron chi connectivity index (χ2n) is 7.71. The second-order valence-corrected chi connectivity index (χ2v) is 7.71. The van der Waals surface area contributed by atoms with Crippen LogP contribution < -0.4 is 15.0 Å². The molecule has 3 aromatic heterocycles. The largest absolute Gasteiger partial charge is 0.475 e. The van der Waals surface area contributed by atoms with Gasteiger partial charge in [-0.2, -0.15) is 5.10 Å². The Bertz CT molecular complexity index is 1100. The van der Waals surface area contributed by atoms with Gasteiger partial charge in [0.15, 0.2) is 5.65 Å². The Hall–Kier alpha value is -3.53. The van der Waals surface area contributed by atoms with Crippen molar-refractivity contribution in [2.45, 2.75) is 32.0 Å². The summed E-state index contributed by atoms with van der Waals surface area (Å²) in [5.74, 6) is 0.255. The van der Waals surface area contributed by atoms with Crippen molar-refractivity contribution < 1.29 is 18.7 Å². The van der Waals surface area contributed by atoms with E-state index in [0.717, 1.165) is 12.0 Å². The average molecular weight is 440 g/mol. The molecule has 0 bridgehead atoms. The summed E-state index contributed by atoms with van der Waals surface area (Å²) in [7, 11) is 0. The molecule has 1 N–H and O–H groups in total. The summed E-state index contributed by atoms with van der Waals surface area (Å²) in [6.07, 6.45) is 6.18. The molecular weight excluding hydrogens is 415 g/mol. The highest BCUT2D eigenvalue weighted by atomic mass is 19.1. The lowest BCUT2D eigenvalue weighted by Crippen LogP contribution is -2.50. The van der Waals surface area contributed by atoms with Crippen LogP contribution in [0.3, 0.4) is 0 Å². The molecule has 168 valence electrons. The number of pyridine rings is 1. The molecular formula is C22H25FN6O3. The van der Waals surface area contributed by atoms with Gasteiger partial charge in [-0.3, -0.25) is 4.79 Å². The molecule has 3 aromatic rings. The normalized spacial score (nSPS) is 19.5. The van der Waals surface area contributed by atoms with Crippen LogP contribution in [-0.4, -0.2) is 63.4 Å². The van der Waals surface area contributed by atoms with E-state index in [1.54, 1.807) is 17.6 Å². The number of halogens is 1. The summed E-state index contributed by atoms with van der Waals surface area (Å²) in [5, 5.41) is 7.12. The van der Waals surface area contributed by atoms with Gasteiger partial charge in [-0.05, 0) is 26.0 Å². The number of carbonyl (C=O) groups is 1. The third-order valence-electron chi connectivity index (χ3n) is 5.17. The number of amides is 1. The minimum absolute atomic E-state index is 0.00820. The average Bonchev–Trinajstić information content (AvgIpc) is 3.22. The number of hydrogen-bond acceptors (Lipinski definition) is 7. The molecule has 0 saturated carbocycles. The number of morpholine rings is 1. The molecule has 0 aliphatic carbocycles. The summed E-state index contributed by atoms with van der Waals surface area (Å²) in [6, 6.07) is 4.35. The summed E-state index contributed by atoms with van der Waals surface area (Å²) >= 11 is 0. The van der Waals surface area contributed by atoms with E-state index in [4.69, 9.17) is 14.5 Å². The number of nitrogens with zero attached hydrogens (tertiary/aromatic N) is 5. The number of anilines is 1. The van der Waals surface area contributed by atoms with E-state index in [0.29, 0.717) is 24.4 Å². The fourth-order valence-corrected chi connectivity index (χ4v) is 3.59. The first-order valence-electron chi connectivity index (χ1n) is 10.3. The monoisotopic (exact) mass is 440 g/mol.